The van der Waals surface area contributed by atoms with Gasteiger partial charge < -0.3 is 15.0 Å². The van der Waals surface area contributed by atoms with E-state index in [9.17, 15) is 0 Å². The van der Waals surface area contributed by atoms with Crippen molar-refractivity contribution < 1.29 is 4.74 Å². The van der Waals surface area contributed by atoms with Crippen molar-refractivity contribution in [2.24, 2.45) is 11.3 Å². The van der Waals surface area contributed by atoms with Gasteiger partial charge in [-0.05, 0) is 59.0 Å². The average Bonchev–Trinajstić information content (AvgIpc) is 2.86. The Hall–Kier alpha value is -0.120. The van der Waals surface area contributed by atoms with Gasteiger partial charge in [-0.1, -0.05) is 13.3 Å². The third kappa shape index (κ3) is 4.71. The van der Waals surface area contributed by atoms with Crippen LogP contribution in [0.15, 0.2) is 0 Å². The summed E-state index contributed by atoms with van der Waals surface area (Å²) in [5.41, 5.74) is 0.539. The van der Waals surface area contributed by atoms with Crippen molar-refractivity contribution in [1.82, 2.24) is 10.2 Å². The second kappa shape index (κ2) is 6.76. The number of nitrogens with zero attached hydrogens (tertiary/aromatic N) is 1. The van der Waals surface area contributed by atoms with Gasteiger partial charge in [0.1, 0.15) is 0 Å². The monoisotopic (exact) mass is 282 g/mol. The maximum Gasteiger partial charge on any atom is 0.0547 e. The van der Waals surface area contributed by atoms with Crippen LogP contribution in [0.3, 0.4) is 0 Å². The Balaban J connectivity index is 1.86. The summed E-state index contributed by atoms with van der Waals surface area (Å²) in [6, 6.07) is 0. The van der Waals surface area contributed by atoms with Gasteiger partial charge in [0.15, 0.2) is 0 Å². The van der Waals surface area contributed by atoms with Crippen molar-refractivity contribution in [3.63, 3.8) is 0 Å². The van der Waals surface area contributed by atoms with Crippen LogP contribution in [-0.2, 0) is 4.74 Å². The molecular formula is C17H34N2O. The Morgan fingerprint density at radius 2 is 1.95 bits per heavy atom. The highest BCUT2D eigenvalue weighted by Crippen LogP contribution is 2.31. The number of likely N-dealkylation sites (tertiary alicyclic amines) is 1. The molecule has 2 aliphatic heterocycles. The summed E-state index contributed by atoms with van der Waals surface area (Å²) in [5, 5.41) is 3.71. The number of hydrogen-bond acceptors (Lipinski definition) is 3. The molecule has 0 aromatic heterocycles. The van der Waals surface area contributed by atoms with Crippen LogP contribution in [0.5, 0.6) is 0 Å². The summed E-state index contributed by atoms with van der Waals surface area (Å²) in [5.74, 6) is 0.967. The summed E-state index contributed by atoms with van der Waals surface area (Å²) < 4.78 is 5.74. The normalized spacial score (nSPS) is 30.0. The van der Waals surface area contributed by atoms with Crippen molar-refractivity contribution in [2.45, 2.75) is 58.9 Å². The Labute approximate surface area is 125 Å². The van der Waals surface area contributed by atoms with Crippen molar-refractivity contribution in [1.29, 1.82) is 0 Å². The predicted octanol–water partition coefficient (Wildman–Crippen LogP) is 2.90. The van der Waals surface area contributed by atoms with Gasteiger partial charge in [0.2, 0.25) is 0 Å². The summed E-state index contributed by atoms with van der Waals surface area (Å²) in [6.07, 6.45) is 5.34. The first-order valence-electron chi connectivity index (χ1n) is 8.48. The zero-order valence-electron chi connectivity index (χ0n) is 14.0. The molecule has 118 valence electrons. The van der Waals surface area contributed by atoms with Crippen LogP contribution in [-0.4, -0.2) is 49.8 Å². The smallest absolute Gasteiger partial charge is 0.0547 e. The third-order valence-electron chi connectivity index (χ3n) is 5.02. The highest BCUT2D eigenvalue weighted by molar-refractivity contribution is 4.91. The lowest BCUT2D eigenvalue weighted by Crippen LogP contribution is -2.50. The Bertz CT molecular complexity index is 284. The first-order chi connectivity index (χ1) is 9.42. The van der Waals surface area contributed by atoms with Crippen LogP contribution in [0.1, 0.15) is 53.4 Å². The fraction of sp³-hybridized carbons (Fsp3) is 1.00. The van der Waals surface area contributed by atoms with Crippen molar-refractivity contribution in [2.75, 3.05) is 39.4 Å². The standard InChI is InChI=1S/C17H34N2O/c1-5-15-6-9-19(10-7-15)13-17(8-11-20-14-17)12-18-16(2,3)4/h15,18H,5-14H2,1-4H3. The molecule has 3 nitrogen and oxygen atoms in total. The lowest BCUT2D eigenvalue weighted by atomic mass is 9.84. The van der Waals surface area contributed by atoms with E-state index in [4.69, 9.17) is 4.74 Å². The molecule has 0 bridgehead atoms. The maximum absolute atomic E-state index is 5.74. The van der Waals surface area contributed by atoms with Gasteiger partial charge in [0, 0.05) is 30.7 Å². The molecule has 0 amide bonds. The Morgan fingerprint density at radius 3 is 2.45 bits per heavy atom. The molecule has 0 aromatic rings. The average molecular weight is 282 g/mol. The van der Waals surface area contributed by atoms with Crippen LogP contribution < -0.4 is 5.32 Å². The van der Waals surface area contributed by atoms with Crippen LogP contribution in [0, 0.1) is 11.3 Å². The van der Waals surface area contributed by atoms with E-state index in [0.717, 1.165) is 25.7 Å². The molecule has 2 fully saturated rings. The fourth-order valence-corrected chi connectivity index (χ4v) is 3.45. The zero-order valence-corrected chi connectivity index (χ0v) is 14.0. The number of nitrogens with one attached hydrogen (secondary N) is 1. The van der Waals surface area contributed by atoms with Gasteiger partial charge in [0.05, 0.1) is 6.61 Å². The zero-order chi connectivity index (χ0) is 14.6. The first kappa shape index (κ1) is 16.3. The van der Waals surface area contributed by atoms with E-state index in [1.54, 1.807) is 0 Å². The second-order valence-corrected chi connectivity index (χ2v) is 8.03. The van der Waals surface area contributed by atoms with Crippen LogP contribution >= 0.6 is 0 Å². The lowest BCUT2D eigenvalue weighted by molar-refractivity contribution is 0.0824. The predicted molar refractivity (Wildman–Crippen MR) is 85.1 cm³/mol. The van der Waals surface area contributed by atoms with Gasteiger partial charge in [0.25, 0.3) is 0 Å². The molecule has 0 saturated carbocycles. The molecule has 3 heteroatoms. The van der Waals surface area contributed by atoms with E-state index < -0.39 is 0 Å². The van der Waals surface area contributed by atoms with E-state index in [1.807, 2.05) is 0 Å². The van der Waals surface area contributed by atoms with E-state index in [2.05, 4.69) is 37.9 Å². The second-order valence-electron chi connectivity index (χ2n) is 8.03. The molecular weight excluding hydrogens is 248 g/mol. The molecule has 0 aromatic carbocycles. The molecule has 20 heavy (non-hydrogen) atoms. The number of hydrogen-bond donors (Lipinski definition) is 1. The summed E-state index contributed by atoms with van der Waals surface area (Å²) >= 11 is 0. The first-order valence-corrected chi connectivity index (χ1v) is 8.48. The molecule has 2 heterocycles. The molecule has 2 rings (SSSR count). The minimum absolute atomic E-state index is 0.199. The largest absolute Gasteiger partial charge is 0.381 e. The van der Waals surface area contributed by atoms with Crippen molar-refractivity contribution in [3.8, 4) is 0 Å². The molecule has 2 saturated heterocycles. The van der Waals surface area contributed by atoms with Crippen LogP contribution in [0.2, 0.25) is 0 Å². The number of ether oxygens (including phenoxy) is 1. The Kier molecular flexibility index (Phi) is 5.49. The highest BCUT2D eigenvalue weighted by atomic mass is 16.5. The topological polar surface area (TPSA) is 24.5 Å². The molecule has 1 N–H and O–H groups in total. The number of rotatable bonds is 5. The van der Waals surface area contributed by atoms with E-state index in [1.165, 1.54) is 45.3 Å². The van der Waals surface area contributed by atoms with Gasteiger partial charge in [-0.25, -0.2) is 0 Å². The third-order valence-corrected chi connectivity index (χ3v) is 5.02. The van der Waals surface area contributed by atoms with Crippen LogP contribution in [0.25, 0.3) is 0 Å². The maximum atomic E-state index is 5.74. The van der Waals surface area contributed by atoms with E-state index in [-0.39, 0.29) is 5.54 Å². The van der Waals surface area contributed by atoms with Gasteiger partial charge in [-0.3, -0.25) is 0 Å². The minimum Gasteiger partial charge on any atom is -0.381 e. The Morgan fingerprint density at radius 1 is 1.25 bits per heavy atom. The lowest BCUT2D eigenvalue weighted by Gasteiger charge is -2.39. The molecule has 0 radical (unpaired) electrons. The van der Waals surface area contributed by atoms with Crippen LogP contribution in [0.4, 0.5) is 0 Å². The van der Waals surface area contributed by atoms with E-state index >= 15 is 0 Å². The summed E-state index contributed by atoms with van der Waals surface area (Å²) in [7, 11) is 0. The van der Waals surface area contributed by atoms with Crippen molar-refractivity contribution >= 4 is 0 Å². The summed E-state index contributed by atoms with van der Waals surface area (Å²) in [6.45, 7) is 15.8. The highest BCUT2D eigenvalue weighted by Gasteiger charge is 2.37. The molecule has 1 atom stereocenters. The fourth-order valence-electron chi connectivity index (χ4n) is 3.45. The number of piperidine rings is 1. The van der Waals surface area contributed by atoms with Crippen molar-refractivity contribution in [3.05, 3.63) is 0 Å². The van der Waals surface area contributed by atoms with Gasteiger partial charge in [-0.15, -0.1) is 0 Å². The quantitative estimate of drug-likeness (QED) is 0.839. The minimum atomic E-state index is 0.199. The molecule has 2 aliphatic rings. The van der Waals surface area contributed by atoms with Gasteiger partial charge in [-0.2, -0.15) is 0 Å². The van der Waals surface area contributed by atoms with Gasteiger partial charge >= 0.3 is 0 Å². The molecule has 1 unspecified atom stereocenters. The SMILES string of the molecule is CCC1CCN(CC2(CNC(C)(C)C)CCOC2)CC1. The van der Waals surface area contributed by atoms with E-state index in [0.29, 0.717) is 5.41 Å². The summed E-state index contributed by atoms with van der Waals surface area (Å²) in [4.78, 5) is 2.69. The molecule has 0 spiro atoms. The molecule has 0 aliphatic carbocycles.